The minimum absolute atomic E-state index is 0.0897. The Labute approximate surface area is 139 Å². The van der Waals surface area contributed by atoms with Crippen LogP contribution in [0.3, 0.4) is 0 Å². The second-order valence-corrected chi connectivity index (χ2v) is 7.00. The Bertz CT molecular complexity index is 682. The van der Waals surface area contributed by atoms with E-state index in [-0.39, 0.29) is 5.91 Å². The van der Waals surface area contributed by atoms with Gasteiger partial charge in [0, 0.05) is 37.0 Å². The first-order valence-electron chi connectivity index (χ1n) is 8.27. The van der Waals surface area contributed by atoms with E-state index in [0.717, 1.165) is 50.4 Å². The topological polar surface area (TPSA) is 49.6 Å². The van der Waals surface area contributed by atoms with Crippen molar-refractivity contribution in [3.63, 3.8) is 0 Å². The molecule has 0 aliphatic carbocycles. The number of carbonyl (C=O) groups excluding carboxylic acids is 1. The molecule has 2 aromatic heterocycles. The highest BCUT2D eigenvalue weighted by atomic mass is 32.1. The molecule has 0 aromatic carbocycles. The summed E-state index contributed by atoms with van der Waals surface area (Å²) in [6.45, 7) is 4.81. The van der Waals surface area contributed by atoms with Crippen LogP contribution in [0.4, 0.5) is 0 Å². The largest absolute Gasteiger partial charge is 0.465 e. The van der Waals surface area contributed by atoms with Crippen molar-refractivity contribution in [3.05, 3.63) is 40.2 Å². The molecule has 2 aliphatic rings. The number of aryl methyl sites for hydroxylation is 1. The van der Waals surface area contributed by atoms with Gasteiger partial charge in [0.2, 0.25) is 0 Å². The number of likely N-dealkylation sites (tertiary alicyclic amines) is 2. The molecule has 2 fully saturated rings. The summed E-state index contributed by atoms with van der Waals surface area (Å²) in [5.41, 5.74) is 2.32. The number of amides is 1. The number of carbonyl (C=O) groups is 1. The van der Waals surface area contributed by atoms with Crippen molar-refractivity contribution in [2.75, 3.05) is 13.1 Å². The van der Waals surface area contributed by atoms with Gasteiger partial charge in [0.15, 0.2) is 0 Å². The Morgan fingerprint density at radius 1 is 1.30 bits per heavy atom. The van der Waals surface area contributed by atoms with Crippen LogP contribution in [0.25, 0.3) is 0 Å². The number of hydrogen-bond acceptors (Lipinski definition) is 5. The van der Waals surface area contributed by atoms with Gasteiger partial charge in [0.05, 0.1) is 12.1 Å². The molecule has 2 aliphatic heterocycles. The Morgan fingerprint density at radius 3 is 2.87 bits per heavy atom. The lowest BCUT2D eigenvalue weighted by Crippen LogP contribution is -2.39. The molecule has 0 radical (unpaired) electrons. The summed E-state index contributed by atoms with van der Waals surface area (Å²) in [5.74, 6) is 2.17. The maximum absolute atomic E-state index is 12.6. The minimum atomic E-state index is 0.0897. The van der Waals surface area contributed by atoms with Crippen molar-refractivity contribution < 1.29 is 9.21 Å². The molecule has 0 N–H and O–H groups in total. The Balaban J connectivity index is 1.44. The molecule has 0 spiro atoms. The lowest BCUT2D eigenvalue weighted by molar-refractivity contribution is 0.0726. The number of rotatable bonds is 4. The molecule has 2 atom stereocenters. The zero-order chi connectivity index (χ0) is 15.8. The standard InChI is InChI=1S/C17H21N3O2S/c1-2-12-3-4-13(22-12)9-19-7-5-16-15(19)6-8-20(16)17(21)14-10-23-11-18-14/h3-4,10-11,15-16H,2,5-9H2,1H3/t15-,16+/m0/s1. The number of fused-ring (bicyclic) bond motifs is 1. The molecule has 5 nitrogen and oxygen atoms in total. The van der Waals surface area contributed by atoms with Gasteiger partial charge in [0.25, 0.3) is 5.91 Å². The van der Waals surface area contributed by atoms with Crippen LogP contribution >= 0.6 is 11.3 Å². The van der Waals surface area contributed by atoms with Gasteiger partial charge >= 0.3 is 0 Å². The number of aromatic nitrogens is 1. The molecule has 0 saturated carbocycles. The van der Waals surface area contributed by atoms with E-state index in [2.05, 4.69) is 28.9 Å². The van der Waals surface area contributed by atoms with Gasteiger partial charge in [-0.2, -0.15) is 0 Å². The third-order valence-electron chi connectivity index (χ3n) is 5.03. The second-order valence-electron chi connectivity index (χ2n) is 6.28. The van der Waals surface area contributed by atoms with Crippen LogP contribution in [0, 0.1) is 0 Å². The lowest BCUT2D eigenvalue weighted by Gasteiger charge is -2.24. The maximum atomic E-state index is 12.6. The van der Waals surface area contributed by atoms with Crippen molar-refractivity contribution in [1.82, 2.24) is 14.8 Å². The number of thiazole rings is 1. The van der Waals surface area contributed by atoms with Crippen LogP contribution in [0.1, 0.15) is 41.8 Å². The fourth-order valence-electron chi connectivity index (χ4n) is 3.89. The molecule has 0 unspecified atom stereocenters. The van der Waals surface area contributed by atoms with Crippen molar-refractivity contribution in [3.8, 4) is 0 Å². The third-order valence-corrected chi connectivity index (χ3v) is 5.61. The minimum Gasteiger partial charge on any atom is -0.465 e. The first kappa shape index (κ1) is 14.9. The zero-order valence-corrected chi connectivity index (χ0v) is 14.1. The van der Waals surface area contributed by atoms with Crippen molar-refractivity contribution in [2.45, 2.75) is 44.8 Å². The lowest BCUT2D eigenvalue weighted by atomic mass is 10.1. The molecule has 0 bridgehead atoms. The highest BCUT2D eigenvalue weighted by Crippen LogP contribution is 2.33. The van der Waals surface area contributed by atoms with E-state index in [4.69, 9.17) is 4.42 Å². The van der Waals surface area contributed by atoms with Crippen LogP contribution < -0.4 is 0 Å². The number of nitrogens with zero attached hydrogens (tertiary/aromatic N) is 3. The monoisotopic (exact) mass is 331 g/mol. The van der Waals surface area contributed by atoms with Gasteiger partial charge in [-0.3, -0.25) is 9.69 Å². The average Bonchev–Trinajstić information content (AvgIpc) is 3.33. The molecular weight excluding hydrogens is 310 g/mol. The number of furan rings is 1. The molecule has 1 amide bonds. The van der Waals surface area contributed by atoms with Gasteiger partial charge in [-0.05, 0) is 25.0 Å². The molecule has 2 saturated heterocycles. The molecule has 2 aromatic rings. The van der Waals surface area contributed by atoms with E-state index >= 15 is 0 Å². The van der Waals surface area contributed by atoms with Crippen LogP contribution in [0.2, 0.25) is 0 Å². The molecule has 122 valence electrons. The summed E-state index contributed by atoms with van der Waals surface area (Å²) in [5, 5.41) is 1.84. The number of hydrogen-bond donors (Lipinski definition) is 0. The van der Waals surface area contributed by atoms with Crippen molar-refractivity contribution in [2.24, 2.45) is 0 Å². The van der Waals surface area contributed by atoms with Crippen LogP contribution in [0.15, 0.2) is 27.4 Å². The Morgan fingerprint density at radius 2 is 2.13 bits per heavy atom. The molecule has 6 heteroatoms. The fraction of sp³-hybridized carbons (Fsp3) is 0.529. The smallest absolute Gasteiger partial charge is 0.273 e. The maximum Gasteiger partial charge on any atom is 0.273 e. The summed E-state index contributed by atoms with van der Waals surface area (Å²) in [7, 11) is 0. The van der Waals surface area contributed by atoms with Crippen LogP contribution in [-0.4, -0.2) is 45.9 Å². The molecular formula is C17H21N3O2S. The average molecular weight is 331 g/mol. The Hall–Kier alpha value is -1.66. The van der Waals surface area contributed by atoms with Gasteiger partial charge in [-0.15, -0.1) is 11.3 Å². The summed E-state index contributed by atoms with van der Waals surface area (Å²) in [4.78, 5) is 21.3. The van der Waals surface area contributed by atoms with Crippen LogP contribution in [-0.2, 0) is 13.0 Å². The van der Waals surface area contributed by atoms with Gasteiger partial charge in [-0.25, -0.2) is 4.98 Å². The summed E-state index contributed by atoms with van der Waals surface area (Å²) in [6, 6.07) is 4.92. The van der Waals surface area contributed by atoms with E-state index in [1.807, 2.05) is 10.3 Å². The third kappa shape index (κ3) is 2.70. The van der Waals surface area contributed by atoms with Crippen molar-refractivity contribution >= 4 is 17.2 Å². The van der Waals surface area contributed by atoms with E-state index in [9.17, 15) is 4.79 Å². The van der Waals surface area contributed by atoms with E-state index in [0.29, 0.717) is 17.8 Å². The second kappa shape index (κ2) is 6.09. The first-order valence-corrected chi connectivity index (χ1v) is 9.21. The summed E-state index contributed by atoms with van der Waals surface area (Å²) < 4.78 is 5.85. The Kier molecular flexibility index (Phi) is 3.95. The SMILES string of the molecule is CCc1ccc(CN2CC[C@@H]3[C@@H]2CCN3C(=O)c2cscn2)o1. The highest BCUT2D eigenvalue weighted by Gasteiger charge is 2.44. The molecule has 4 heterocycles. The molecule has 4 rings (SSSR count). The van der Waals surface area contributed by atoms with Gasteiger partial charge in [-0.1, -0.05) is 6.92 Å². The van der Waals surface area contributed by atoms with Crippen LogP contribution in [0.5, 0.6) is 0 Å². The first-order chi connectivity index (χ1) is 11.3. The zero-order valence-electron chi connectivity index (χ0n) is 13.3. The van der Waals surface area contributed by atoms with Gasteiger partial charge < -0.3 is 9.32 Å². The van der Waals surface area contributed by atoms with Crippen molar-refractivity contribution in [1.29, 1.82) is 0 Å². The van der Waals surface area contributed by atoms with E-state index < -0.39 is 0 Å². The summed E-state index contributed by atoms with van der Waals surface area (Å²) in [6.07, 6.45) is 3.02. The van der Waals surface area contributed by atoms with Gasteiger partial charge in [0.1, 0.15) is 17.2 Å². The quantitative estimate of drug-likeness (QED) is 0.864. The highest BCUT2D eigenvalue weighted by molar-refractivity contribution is 7.07. The summed E-state index contributed by atoms with van der Waals surface area (Å²) >= 11 is 1.48. The van der Waals surface area contributed by atoms with E-state index in [1.165, 1.54) is 11.3 Å². The van der Waals surface area contributed by atoms with E-state index in [1.54, 1.807) is 5.51 Å². The molecule has 23 heavy (non-hydrogen) atoms. The predicted octanol–water partition coefficient (Wildman–Crippen LogP) is 2.79. The predicted molar refractivity (Wildman–Crippen MR) is 88.5 cm³/mol. The normalized spacial score (nSPS) is 24.3. The fourth-order valence-corrected chi connectivity index (χ4v) is 4.41.